The van der Waals surface area contributed by atoms with Gasteiger partial charge in [0, 0.05) is 40.7 Å². The molecule has 7 heteroatoms. The van der Waals surface area contributed by atoms with Crippen LogP contribution in [0.15, 0.2) is 98.1 Å². The number of aromatic amines is 1. The molecular formula is C25H19N5O2. The van der Waals surface area contributed by atoms with Crippen LogP contribution < -0.4 is 10.1 Å². The third-order valence-electron chi connectivity index (χ3n) is 4.94. The zero-order valence-electron chi connectivity index (χ0n) is 17.0. The Morgan fingerprint density at radius 1 is 1.06 bits per heavy atom. The molecule has 0 aliphatic carbocycles. The third-order valence-corrected chi connectivity index (χ3v) is 4.94. The first-order valence-electron chi connectivity index (χ1n) is 9.98. The molecule has 0 aliphatic rings. The molecule has 3 aromatic heterocycles. The van der Waals surface area contributed by atoms with Crippen LogP contribution in [0.2, 0.25) is 0 Å². The average Bonchev–Trinajstić information content (AvgIpc) is 3.47. The van der Waals surface area contributed by atoms with Gasteiger partial charge in [-0.1, -0.05) is 30.8 Å². The van der Waals surface area contributed by atoms with Crippen LogP contribution in [0, 0.1) is 0 Å². The van der Waals surface area contributed by atoms with Gasteiger partial charge in [-0.25, -0.2) is 9.67 Å². The maximum atomic E-state index is 11.5. The lowest BCUT2D eigenvalue weighted by molar-refractivity contribution is -0.111. The fraction of sp³-hybridized carbons (Fsp3) is 0. The van der Waals surface area contributed by atoms with Crippen LogP contribution in [0.3, 0.4) is 0 Å². The van der Waals surface area contributed by atoms with E-state index >= 15 is 0 Å². The quantitative estimate of drug-likeness (QED) is 0.363. The predicted octanol–water partition coefficient (Wildman–Crippen LogP) is 5.33. The summed E-state index contributed by atoms with van der Waals surface area (Å²) in [5.74, 6) is 0.890. The number of aromatic nitrogens is 4. The molecule has 0 spiro atoms. The molecule has 0 unspecified atom stereocenters. The smallest absolute Gasteiger partial charge is 0.247 e. The van der Waals surface area contributed by atoms with Crippen LogP contribution >= 0.6 is 0 Å². The Kier molecular flexibility index (Phi) is 4.97. The monoisotopic (exact) mass is 421 g/mol. The zero-order valence-corrected chi connectivity index (χ0v) is 17.0. The molecular weight excluding hydrogens is 402 g/mol. The minimum absolute atomic E-state index is 0.279. The Morgan fingerprint density at radius 2 is 1.94 bits per heavy atom. The van der Waals surface area contributed by atoms with E-state index in [-0.39, 0.29) is 5.91 Å². The van der Waals surface area contributed by atoms with Gasteiger partial charge in [-0.2, -0.15) is 5.10 Å². The normalized spacial score (nSPS) is 10.8. The summed E-state index contributed by atoms with van der Waals surface area (Å²) in [7, 11) is 0. The molecule has 32 heavy (non-hydrogen) atoms. The number of rotatable bonds is 6. The van der Waals surface area contributed by atoms with Crippen molar-refractivity contribution in [2.24, 2.45) is 0 Å². The Labute approximate surface area is 184 Å². The molecule has 0 fully saturated rings. The minimum atomic E-state index is -0.279. The van der Waals surface area contributed by atoms with Crippen molar-refractivity contribution >= 4 is 22.6 Å². The van der Waals surface area contributed by atoms with E-state index in [0.717, 1.165) is 27.8 Å². The third kappa shape index (κ3) is 3.87. The number of carbonyl (C=O) groups is 1. The number of nitrogens with one attached hydrogen (secondary N) is 2. The number of nitrogens with zero attached hydrogens (tertiary/aromatic N) is 3. The van der Waals surface area contributed by atoms with Crippen LogP contribution in [-0.4, -0.2) is 25.7 Å². The van der Waals surface area contributed by atoms with Crippen molar-refractivity contribution in [3.63, 3.8) is 0 Å². The molecule has 2 N–H and O–H groups in total. The molecule has 0 bridgehead atoms. The predicted molar refractivity (Wildman–Crippen MR) is 124 cm³/mol. The van der Waals surface area contributed by atoms with Gasteiger partial charge in [0.05, 0.1) is 18.1 Å². The van der Waals surface area contributed by atoms with E-state index in [4.69, 9.17) is 4.74 Å². The van der Waals surface area contributed by atoms with E-state index in [9.17, 15) is 4.79 Å². The Morgan fingerprint density at radius 3 is 2.78 bits per heavy atom. The van der Waals surface area contributed by atoms with Crippen molar-refractivity contribution < 1.29 is 9.53 Å². The first kappa shape index (κ1) is 19.3. The number of H-pyrrole nitrogens is 1. The minimum Gasteiger partial charge on any atom is -0.456 e. The van der Waals surface area contributed by atoms with E-state index < -0.39 is 0 Å². The maximum Gasteiger partial charge on any atom is 0.247 e. The van der Waals surface area contributed by atoms with Gasteiger partial charge < -0.3 is 15.0 Å². The summed E-state index contributed by atoms with van der Waals surface area (Å²) < 4.78 is 7.84. The van der Waals surface area contributed by atoms with Crippen molar-refractivity contribution in [3.8, 4) is 28.3 Å². The Balaban J connectivity index is 1.44. The average molecular weight is 421 g/mol. The number of carbonyl (C=O) groups excluding carboxylic acids is 1. The number of hydrogen-bond donors (Lipinski definition) is 2. The standard InChI is InChI=1S/C25H19N5O2/c1-2-24(31)29-18-7-6-10-20(11-18)32-21-12-22-23(15-27-25(22)26-14-21)17-13-28-30(16-17)19-8-4-3-5-9-19/h2-16H,1H2,(H,26,27)(H,29,31). The second-order valence-electron chi connectivity index (χ2n) is 7.10. The lowest BCUT2D eigenvalue weighted by Crippen LogP contribution is -2.06. The summed E-state index contributed by atoms with van der Waals surface area (Å²) in [5, 5.41) is 8.13. The largest absolute Gasteiger partial charge is 0.456 e. The molecule has 3 heterocycles. The number of amides is 1. The van der Waals surface area contributed by atoms with Gasteiger partial charge in [0.1, 0.15) is 17.1 Å². The van der Waals surface area contributed by atoms with E-state index in [1.807, 2.05) is 65.7 Å². The van der Waals surface area contributed by atoms with Crippen molar-refractivity contribution in [1.82, 2.24) is 19.7 Å². The molecule has 2 aromatic carbocycles. The number of fused-ring (bicyclic) bond motifs is 1. The summed E-state index contributed by atoms with van der Waals surface area (Å²) in [6, 6.07) is 19.0. The van der Waals surface area contributed by atoms with Gasteiger partial charge in [0.25, 0.3) is 0 Å². The molecule has 5 rings (SSSR count). The van der Waals surface area contributed by atoms with Crippen molar-refractivity contribution in [2.45, 2.75) is 0 Å². The molecule has 0 atom stereocenters. The number of anilines is 1. The first-order valence-corrected chi connectivity index (χ1v) is 9.98. The van der Waals surface area contributed by atoms with Crippen LogP contribution in [0.5, 0.6) is 11.5 Å². The van der Waals surface area contributed by atoms with E-state index in [1.165, 1.54) is 6.08 Å². The summed E-state index contributed by atoms with van der Waals surface area (Å²) in [6.07, 6.45) is 8.61. The summed E-state index contributed by atoms with van der Waals surface area (Å²) >= 11 is 0. The lowest BCUT2D eigenvalue weighted by atomic mass is 10.1. The highest BCUT2D eigenvalue weighted by Gasteiger charge is 2.12. The highest BCUT2D eigenvalue weighted by molar-refractivity contribution is 5.99. The van der Waals surface area contributed by atoms with Crippen LogP contribution in [0.4, 0.5) is 5.69 Å². The molecule has 1 amide bonds. The maximum absolute atomic E-state index is 11.5. The molecule has 0 saturated carbocycles. The Hall–Kier alpha value is -4.65. The summed E-state index contributed by atoms with van der Waals surface area (Å²) in [5.41, 5.74) is 4.31. The Bertz CT molecular complexity index is 1420. The van der Waals surface area contributed by atoms with Gasteiger partial charge >= 0.3 is 0 Å². The molecule has 0 aliphatic heterocycles. The SMILES string of the molecule is C=CC(=O)Nc1cccc(Oc2cnc3[nH]cc(-c4cnn(-c5ccccc5)c4)c3c2)c1. The molecule has 0 saturated heterocycles. The van der Waals surface area contributed by atoms with Crippen molar-refractivity contribution in [3.05, 3.63) is 98.1 Å². The zero-order chi connectivity index (χ0) is 21.9. The number of pyridine rings is 1. The van der Waals surface area contributed by atoms with Gasteiger partial charge in [0.2, 0.25) is 5.91 Å². The number of para-hydroxylation sites is 1. The lowest BCUT2D eigenvalue weighted by Gasteiger charge is -2.08. The molecule has 0 radical (unpaired) electrons. The summed E-state index contributed by atoms with van der Waals surface area (Å²) in [4.78, 5) is 19.2. The number of hydrogen-bond acceptors (Lipinski definition) is 4. The van der Waals surface area contributed by atoms with Crippen molar-refractivity contribution in [1.29, 1.82) is 0 Å². The second-order valence-corrected chi connectivity index (χ2v) is 7.10. The number of benzene rings is 2. The van der Waals surface area contributed by atoms with Crippen LogP contribution in [0.25, 0.3) is 27.8 Å². The summed E-state index contributed by atoms with van der Waals surface area (Å²) in [6.45, 7) is 3.46. The van der Waals surface area contributed by atoms with Gasteiger partial charge in [-0.3, -0.25) is 4.79 Å². The van der Waals surface area contributed by atoms with E-state index in [2.05, 4.69) is 27.0 Å². The highest BCUT2D eigenvalue weighted by atomic mass is 16.5. The highest BCUT2D eigenvalue weighted by Crippen LogP contribution is 2.32. The first-order chi connectivity index (χ1) is 15.7. The molecule has 156 valence electrons. The molecule has 7 nitrogen and oxygen atoms in total. The fourth-order valence-electron chi connectivity index (χ4n) is 3.43. The van der Waals surface area contributed by atoms with E-state index in [1.54, 1.807) is 24.4 Å². The fourth-order valence-corrected chi connectivity index (χ4v) is 3.43. The van der Waals surface area contributed by atoms with Crippen LogP contribution in [0.1, 0.15) is 0 Å². The van der Waals surface area contributed by atoms with Gasteiger partial charge in [0.15, 0.2) is 0 Å². The second kappa shape index (κ2) is 8.23. The number of ether oxygens (including phenoxy) is 1. The van der Waals surface area contributed by atoms with E-state index in [0.29, 0.717) is 17.2 Å². The van der Waals surface area contributed by atoms with Crippen molar-refractivity contribution in [2.75, 3.05) is 5.32 Å². The van der Waals surface area contributed by atoms with Crippen LogP contribution in [-0.2, 0) is 4.79 Å². The molecule has 5 aromatic rings. The topological polar surface area (TPSA) is 84.8 Å². The van der Waals surface area contributed by atoms with Gasteiger partial charge in [-0.05, 0) is 36.4 Å². The van der Waals surface area contributed by atoms with Gasteiger partial charge in [-0.15, -0.1) is 0 Å².